The summed E-state index contributed by atoms with van der Waals surface area (Å²) in [4.78, 5) is 37.7. The molecular formula is C54H92O6. The molecular weight excluding hydrogens is 745 g/mol. The van der Waals surface area contributed by atoms with Gasteiger partial charge in [0, 0.05) is 12.8 Å². The van der Waals surface area contributed by atoms with E-state index in [1.807, 2.05) is 6.08 Å². The maximum absolute atomic E-state index is 12.7. The van der Waals surface area contributed by atoms with Crippen molar-refractivity contribution in [3.63, 3.8) is 0 Å². The van der Waals surface area contributed by atoms with Crippen LogP contribution in [0.5, 0.6) is 0 Å². The van der Waals surface area contributed by atoms with Crippen molar-refractivity contribution in [1.82, 2.24) is 0 Å². The van der Waals surface area contributed by atoms with Crippen LogP contribution in [0.1, 0.15) is 233 Å². The van der Waals surface area contributed by atoms with E-state index < -0.39 is 12.1 Å². The van der Waals surface area contributed by atoms with Gasteiger partial charge >= 0.3 is 17.9 Å². The van der Waals surface area contributed by atoms with Gasteiger partial charge in [0.15, 0.2) is 6.10 Å². The molecule has 1 atom stereocenters. The first-order valence-corrected chi connectivity index (χ1v) is 25.0. The molecule has 0 spiro atoms. The van der Waals surface area contributed by atoms with Gasteiger partial charge in [-0.25, -0.2) is 0 Å². The Bertz CT molecular complexity index is 1140. The van der Waals surface area contributed by atoms with Gasteiger partial charge < -0.3 is 14.2 Å². The molecule has 0 saturated carbocycles. The highest BCUT2D eigenvalue weighted by molar-refractivity contribution is 5.72. The minimum atomic E-state index is -0.818. The van der Waals surface area contributed by atoms with Crippen LogP contribution < -0.4 is 0 Å². The molecule has 0 heterocycles. The first-order valence-electron chi connectivity index (χ1n) is 25.0. The summed E-state index contributed by atoms with van der Waals surface area (Å²) in [6, 6.07) is 0. The lowest BCUT2D eigenvalue weighted by Gasteiger charge is -2.18. The third-order valence-corrected chi connectivity index (χ3v) is 10.5. The third kappa shape index (κ3) is 45.9. The lowest BCUT2D eigenvalue weighted by molar-refractivity contribution is -0.166. The van der Waals surface area contributed by atoms with Gasteiger partial charge in [0.25, 0.3) is 0 Å². The molecule has 0 amide bonds. The number of allylic oxidation sites excluding steroid dienone is 11. The van der Waals surface area contributed by atoms with Gasteiger partial charge in [-0.3, -0.25) is 14.4 Å². The summed E-state index contributed by atoms with van der Waals surface area (Å²) >= 11 is 0. The van der Waals surface area contributed by atoms with Gasteiger partial charge in [-0.05, 0) is 83.5 Å². The summed E-state index contributed by atoms with van der Waals surface area (Å²) in [7, 11) is 0. The fraction of sp³-hybridized carbons (Fsp3) is 0.722. The van der Waals surface area contributed by atoms with Crippen molar-refractivity contribution in [2.45, 2.75) is 239 Å². The van der Waals surface area contributed by atoms with Crippen LogP contribution in [0.25, 0.3) is 0 Å². The van der Waals surface area contributed by atoms with Gasteiger partial charge in [0.05, 0.1) is 6.42 Å². The molecule has 6 nitrogen and oxygen atoms in total. The molecule has 6 heteroatoms. The number of carbonyl (C=O) groups excluding carboxylic acids is 3. The predicted octanol–water partition coefficient (Wildman–Crippen LogP) is 16.3. The monoisotopic (exact) mass is 837 g/mol. The first kappa shape index (κ1) is 56.9. The molecule has 0 rings (SSSR count). The second-order valence-corrected chi connectivity index (χ2v) is 16.4. The summed E-state index contributed by atoms with van der Waals surface area (Å²) in [5.41, 5.74) is 0. The number of unbranched alkanes of at least 4 members (excludes halogenated alkanes) is 23. The number of hydrogen-bond donors (Lipinski definition) is 0. The standard InChI is InChI=1S/C54H92O6/c1-4-7-10-13-16-19-21-23-25-26-27-28-29-31-32-35-38-41-44-47-53(56)59-50-51(49-58-52(55)46-43-40-37-34-18-15-12-9-6-3)60-54(57)48-45-42-39-36-33-30-24-22-20-17-14-11-8-5-2/h9,12,16,18-19,21,23,30,33-34,40,43,51H,4-8,10-11,13-15,17,20,22,24-29,31-32,35-39,41-42,44-50H2,1-3H3/b12-9-,19-16-,23-21-,33-30-,34-18-,43-40-. The average Bonchev–Trinajstić information content (AvgIpc) is 3.24. The highest BCUT2D eigenvalue weighted by Crippen LogP contribution is 2.14. The highest BCUT2D eigenvalue weighted by Gasteiger charge is 2.19. The number of esters is 3. The van der Waals surface area contributed by atoms with Crippen molar-refractivity contribution in [1.29, 1.82) is 0 Å². The maximum atomic E-state index is 12.7. The molecule has 0 N–H and O–H groups in total. The molecule has 344 valence electrons. The van der Waals surface area contributed by atoms with Crippen molar-refractivity contribution in [3.8, 4) is 0 Å². The molecule has 0 aliphatic heterocycles. The molecule has 0 aromatic carbocycles. The summed E-state index contributed by atoms with van der Waals surface area (Å²) in [6.45, 7) is 6.37. The van der Waals surface area contributed by atoms with E-state index in [1.165, 1.54) is 122 Å². The van der Waals surface area contributed by atoms with Crippen LogP contribution in [-0.4, -0.2) is 37.2 Å². The first-order chi connectivity index (χ1) is 29.5. The fourth-order valence-corrected chi connectivity index (χ4v) is 6.72. The van der Waals surface area contributed by atoms with E-state index in [0.29, 0.717) is 12.8 Å². The Hall–Kier alpha value is -3.15. The van der Waals surface area contributed by atoms with Crippen molar-refractivity contribution >= 4 is 17.9 Å². The van der Waals surface area contributed by atoms with Gasteiger partial charge in [0.1, 0.15) is 13.2 Å². The molecule has 60 heavy (non-hydrogen) atoms. The predicted molar refractivity (Wildman–Crippen MR) is 256 cm³/mol. The second kappa shape index (κ2) is 48.5. The van der Waals surface area contributed by atoms with E-state index in [9.17, 15) is 14.4 Å². The van der Waals surface area contributed by atoms with Crippen molar-refractivity contribution in [2.24, 2.45) is 0 Å². The normalized spacial score (nSPS) is 12.7. The van der Waals surface area contributed by atoms with Gasteiger partial charge in [-0.2, -0.15) is 0 Å². The van der Waals surface area contributed by atoms with Crippen molar-refractivity contribution < 1.29 is 28.6 Å². The van der Waals surface area contributed by atoms with Crippen LogP contribution in [0.3, 0.4) is 0 Å². The minimum absolute atomic E-state index is 0.110. The van der Waals surface area contributed by atoms with Gasteiger partial charge in [-0.1, -0.05) is 203 Å². The molecule has 0 fully saturated rings. The summed E-state index contributed by atoms with van der Waals surface area (Å²) < 4.78 is 16.6. The Kier molecular flexibility index (Phi) is 46.0. The quantitative estimate of drug-likeness (QED) is 0.0200. The smallest absolute Gasteiger partial charge is 0.309 e. The summed E-state index contributed by atoms with van der Waals surface area (Å²) in [5.74, 6) is -1.06. The molecule has 0 aromatic rings. The Morgan fingerprint density at radius 1 is 0.383 bits per heavy atom. The highest BCUT2D eigenvalue weighted by atomic mass is 16.6. The molecule has 1 unspecified atom stereocenters. The van der Waals surface area contributed by atoms with Crippen LogP contribution in [0.2, 0.25) is 0 Å². The third-order valence-electron chi connectivity index (χ3n) is 10.5. The summed E-state index contributed by atoms with van der Waals surface area (Å²) in [6.07, 6.45) is 60.7. The van der Waals surface area contributed by atoms with Gasteiger partial charge in [-0.15, -0.1) is 0 Å². The topological polar surface area (TPSA) is 78.9 Å². The largest absolute Gasteiger partial charge is 0.462 e. The van der Waals surface area contributed by atoms with E-state index in [4.69, 9.17) is 14.2 Å². The Balaban J connectivity index is 4.37. The van der Waals surface area contributed by atoms with Gasteiger partial charge in [0.2, 0.25) is 0 Å². The van der Waals surface area contributed by atoms with E-state index in [-0.39, 0.29) is 31.6 Å². The lowest BCUT2D eigenvalue weighted by atomic mass is 10.1. The zero-order valence-corrected chi connectivity index (χ0v) is 39.2. The van der Waals surface area contributed by atoms with E-state index in [2.05, 4.69) is 81.5 Å². The molecule has 0 aromatic heterocycles. The minimum Gasteiger partial charge on any atom is -0.462 e. The van der Waals surface area contributed by atoms with E-state index in [1.54, 1.807) is 6.08 Å². The molecule has 0 saturated heterocycles. The maximum Gasteiger partial charge on any atom is 0.309 e. The van der Waals surface area contributed by atoms with Crippen LogP contribution in [0.15, 0.2) is 72.9 Å². The average molecular weight is 837 g/mol. The molecule has 0 aliphatic rings. The van der Waals surface area contributed by atoms with Crippen LogP contribution in [0, 0.1) is 0 Å². The Morgan fingerprint density at radius 2 is 0.767 bits per heavy atom. The number of hydrogen-bond acceptors (Lipinski definition) is 6. The number of carbonyl (C=O) groups is 3. The van der Waals surface area contributed by atoms with E-state index in [0.717, 1.165) is 70.6 Å². The second-order valence-electron chi connectivity index (χ2n) is 16.4. The lowest BCUT2D eigenvalue weighted by Crippen LogP contribution is -2.30. The zero-order chi connectivity index (χ0) is 43.7. The SMILES string of the molecule is CC/C=C\C/C=C\C/C=C\CC(=O)OCC(COC(=O)CCCCCCCCCCCC/C=C\C=C/CCCCC)OC(=O)CCCCC/C=C\CCCCCCCCC. The van der Waals surface area contributed by atoms with Crippen molar-refractivity contribution in [2.75, 3.05) is 13.2 Å². The summed E-state index contributed by atoms with van der Waals surface area (Å²) in [5, 5.41) is 0. The fourth-order valence-electron chi connectivity index (χ4n) is 6.72. The zero-order valence-electron chi connectivity index (χ0n) is 39.2. The van der Waals surface area contributed by atoms with Crippen LogP contribution in [0.4, 0.5) is 0 Å². The molecule has 0 radical (unpaired) electrons. The molecule has 0 aliphatic carbocycles. The van der Waals surface area contributed by atoms with Crippen LogP contribution >= 0.6 is 0 Å². The molecule has 0 bridgehead atoms. The Labute approximate surface area is 370 Å². The number of ether oxygens (including phenoxy) is 3. The van der Waals surface area contributed by atoms with Crippen molar-refractivity contribution in [3.05, 3.63) is 72.9 Å². The van der Waals surface area contributed by atoms with Crippen LogP contribution in [-0.2, 0) is 28.6 Å². The van der Waals surface area contributed by atoms with E-state index >= 15 is 0 Å². The Morgan fingerprint density at radius 3 is 1.30 bits per heavy atom. The number of rotatable bonds is 44.